The molecular weight excluding hydrogens is 330 g/mol. The van der Waals surface area contributed by atoms with Crippen molar-refractivity contribution in [3.8, 4) is 6.07 Å². The largest absolute Gasteiger partial charge is 0.335 e. The molecule has 1 aliphatic heterocycles. The van der Waals surface area contributed by atoms with Crippen molar-refractivity contribution in [1.29, 1.82) is 5.26 Å². The van der Waals surface area contributed by atoms with Crippen LogP contribution in [0.1, 0.15) is 12.5 Å². The van der Waals surface area contributed by atoms with Gasteiger partial charge in [-0.25, -0.2) is 0 Å². The number of hydrogen-bond donors (Lipinski definition) is 1. The predicted octanol–water partition coefficient (Wildman–Crippen LogP) is 0.545. The number of nitrogens with zero attached hydrogens (tertiary/aromatic N) is 4. The van der Waals surface area contributed by atoms with E-state index in [1.165, 1.54) is 23.6 Å². The van der Waals surface area contributed by atoms with Gasteiger partial charge >= 0.3 is 0 Å². The van der Waals surface area contributed by atoms with Crippen molar-refractivity contribution >= 4 is 11.8 Å². The van der Waals surface area contributed by atoms with Gasteiger partial charge in [-0.3, -0.25) is 14.5 Å². The SMILES string of the molecule is CC(=O)N(/C=C(/C#N)C(=O)N1CCN(Cc2ccccc2)CC1)CCN. The Morgan fingerprint density at radius 1 is 1.23 bits per heavy atom. The maximum absolute atomic E-state index is 12.6. The van der Waals surface area contributed by atoms with Crippen LogP contribution in [-0.2, 0) is 16.1 Å². The first-order chi connectivity index (χ1) is 12.5. The van der Waals surface area contributed by atoms with E-state index < -0.39 is 0 Å². The first-order valence-corrected chi connectivity index (χ1v) is 8.70. The van der Waals surface area contributed by atoms with E-state index in [0.29, 0.717) is 13.1 Å². The Morgan fingerprint density at radius 3 is 2.42 bits per heavy atom. The smallest absolute Gasteiger partial charge is 0.266 e. The summed E-state index contributed by atoms with van der Waals surface area (Å²) in [6.45, 7) is 5.38. The van der Waals surface area contributed by atoms with Crippen molar-refractivity contribution in [3.05, 3.63) is 47.7 Å². The van der Waals surface area contributed by atoms with Crippen LogP contribution in [0.2, 0.25) is 0 Å². The van der Waals surface area contributed by atoms with Crippen molar-refractivity contribution in [2.45, 2.75) is 13.5 Å². The molecule has 0 aliphatic carbocycles. The monoisotopic (exact) mass is 355 g/mol. The highest BCUT2D eigenvalue weighted by Gasteiger charge is 2.24. The van der Waals surface area contributed by atoms with Crippen LogP contribution >= 0.6 is 0 Å². The summed E-state index contributed by atoms with van der Waals surface area (Å²) in [6.07, 6.45) is 1.31. The fraction of sp³-hybridized carbons (Fsp3) is 0.421. The zero-order valence-corrected chi connectivity index (χ0v) is 15.1. The molecule has 26 heavy (non-hydrogen) atoms. The molecule has 1 heterocycles. The molecule has 1 aliphatic rings. The summed E-state index contributed by atoms with van der Waals surface area (Å²) in [6, 6.07) is 12.1. The molecule has 1 aromatic rings. The number of piperazine rings is 1. The fourth-order valence-corrected chi connectivity index (χ4v) is 2.86. The summed E-state index contributed by atoms with van der Waals surface area (Å²) in [4.78, 5) is 29.4. The van der Waals surface area contributed by atoms with Gasteiger partial charge in [0.25, 0.3) is 5.91 Å². The zero-order valence-electron chi connectivity index (χ0n) is 15.1. The van der Waals surface area contributed by atoms with Crippen LogP contribution in [0.15, 0.2) is 42.1 Å². The third-order valence-electron chi connectivity index (χ3n) is 4.32. The minimum Gasteiger partial charge on any atom is -0.335 e. The lowest BCUT2D eigenvalue weighted by Gasteiger charge is -2.34. The maximum Gasteiger partial charge on any atom is 0.266 e. The van der Waals surface area contributed by atoms with Crippen LogP contribution in [0, 0.1) is 11.3 Å². The highest BCUT2D eigenvalue weighted by atomic mass is 16.2. The van der Waals surface area contributed by atoms with Gasteiger partial charge in [-0.1, -0.05) is 30.3 Å². The average Bonchev–Trinajstić information content (AvgIpc) is 2.66. The van der Waals surface area contributed by atoms with Gasteiger partial charge in [-0.15, -0.1) is 0 Å². The molecule has 0 saturated carbocycles. The molecule has 2 amide bonds. The molecule has 138 valence electrons. The first kappa shape index (κ1) is 19.6. The number of hydrogen-bond acceptors (Lipinski definition) is 5. The Bertz CT molecular complexity index is 688. The molecule has 0 radical (unpaired) electrons. The van der Waals surface area contributed by atoms with Crippen molar-refractivity contribution in [1.82, 2.24) is 14.7 Å². The van der Waals surface area contributed by atoms with Gasteiger partial charge in [0.15, 0.2) is 0 Å². The number of nitriles is 1. The topological polar surface area (TPSA) is 93.7 Å². The molecule has 0 spiro atoms. The Hall–Kier alpha value is -2.69. The lowest BCUT2D eigenvalue weighted by molar-refractivity contribution is -0.128. The standard InChI is InChI=1S/C19H25N5O2/c1-16(25)24(8-7-20)15-18(13-21)19(26)23-11-9-22(10-12-23)14-17-5-3-2-4-6-17/h2-6,15H,7-12,14,20H2,1H3/b18-15-. The molecule has 2 rings (SSSR count). The van der Waals surface area contributed by atoms with Crippen molar-refractivity contribution < 1.29 is 9.59 Å². The van der Waals surface area contributed by atoms with Crippen molar-refractivity contribution in [2.24, 2.45) is 5.73 Å². The molecule has 0 aromatic heterocycles. The van der Waals surface area contributed by atoms with E-state index >= 15 is 0 Å². The number of carbonyl (C=O) groups is 2. The van der Waals surface area contributed by atoms with Crippen LogP contribution in [0.3, 0.4) is 0 Å². The molecule has 1 saturated heterocycles. The van der Waals surface area contributed by atoms with Crippen LogP contribution in [-0.4, -0.2) is 65.8 Å². The summed E-state index contributed by atoms with van der Waals surface area (Å²) in [5.41, 5.74) is 6.68. The summed E-state index contributed by atoms with van der Waals surface area (Å²) in [5.74, 6) is -0.584. The second kappa shape index (κ2) is 9.70. The molecule has 0 bridgehead atoms. The minimum absolute atomic E-state index is 0.0369. The second-order valence-corrected chi connectivity index (χ2v) is 6.21. The summed E-state index contributed by atoms with van der Waals surface area (Å²) in [7, 11) is 0. The highest BCUT2D eigenvalue weighted by molar-refractivity contribution is 5.97. The van der Waals surface area contributed by atoms with E-state index in [0.717, 1.165) is 19.6 Å². The van der Waals surface area contributed by atoms with E-state index in [9.17, 15) is 14.9 Å². The first-order valence-electron chi connectivity index (χ1n) is 8.70. The van der Waals surface area contributed by atoms with Gasteiger partial charge in [0.1, 0.15) is 11.6 Å². The number of rotatable bonds is 6. The van der Waals surface area contributed by atoms with Crippen molar-refractivity contribution in [2.75, 3.05) is 39.3 Å². The summed E-state index contributed by atoms with van der Waals surface area (Å²) >= 11 is 0. The lowest BCUT2D eigenvalue weighted by Crippen LogP contribution is -2.48. The molecule has 0 unspecified atom stereocenters. The van der Waals surface area contributed by atoms with Crippen molar-refractivity contribution in [3.63, 3.8) is 0 Å². The Kier molecular flexibility index (Phi) is 7.33. The molecule has 2 N–H and O–H groups in total. The van der Waals surface area contributed by atoms with E-state index in [1.807, 2.05) is 24.3 Å². The van der Waals surface area contributed by atoms with Crippen LogP contribution in [0.25, 0.3) is 0 Å². The van der Waals surface area contributed by atoms with Gasteiger partial charge in [0, 0.05) is 58.9 Å². The lowest BCUT2D eigenvalue weighted by atomic mass is 10.2. The Morgan fingerprint density at radius 2 is 1.88 bits per heavy atom. The fourth-order valence-electron chi connectivity index (χ4n) is 2.86. The Balaban J connectivity index is 1.95. The number of amides is 2. The molecule has 7 heteroatoms. The van der Waals surface area contributed by atoms with E-state index in [1.54, 1.807) is 4.90 Å². The predicted molar refractivity (Wildman–Crippen MR) is 98.4 cm³/mol. The van der Waals surface area contributed by atoms with Crippen LogP contribution in [0.5, 0.6) is 0 Å². The van der Waals surface area contributed by atoms with E-state index in [2.05, 4.69) is 17.0 Å². The quantitative estimate of drug-likeness (QED) is 0.594. The van der Waals surface area contributed by atoms with Gasteiger partial charge < -0.3 is 15.5 Å². The molecule has 1 aromatic carbocycles. The Labute approximate surface area is 154 Å². The highest BCUT2D eigenvalue weighted by Crippen LogP contribution is 2.11. The number of benzene rings is 1. The maximum atomic E-state index is 12.6. The van der Waals surface area contributed by atoms with Gasteiger partial charge in [-0.2, -0.15) is 5.26 Å². The third-order valence-corrected chi connectivity index (χ3v) is 4.32. The number of nitrogens with two attached hydrogens (primary N) is 1. The molecule has 7 nitrogen and oxygen atoms in total. The van der Waals surface area contributed by atoms with Crippen LogP contribution < -0.4 is 5.73 Å². The summed E-state index contributed by atoms with van der Waals surface area (Å²) in [5, 5.41) is 9.33. The van der Waals surface area contributed by atoms with Gasteiger partial charge in [-0.05, 0) is 5.56 Å². The molecular formula is C19H25N5O2. The molecule has 1 fully saturated rings. The normalized spacial score (nSPS) is 15.4. The second-order valence-electron chi connectivity index (χ2n) is 6.21. The summed E-state index contributed by atoms with van der Waals surface area (Å²) < 4.78 is 0. The zero-order chi connectivity index (χ0) is 18.9. The van der Waals surface area contributed by atoms with E-state index in [4.69, 9.17) is 5.73 Å². The van der Waals surface area contributed by atoms with Gasteiger partial charge in [0.2, 0.25) is 5.91 Å². The molecule has 0 atom stereocenters. The average molecular weight is 355 g/mol. The van der Waals surface area contributed by atoms with Gasteiger partial charge in [0.05, 0.1) is 0 Å². The number of carbonyl (C=O) groups excluding carboxylic acids is 2. The minimum atomic E-state index is -0.338. The third kappa shape index (κ3) is 5.41. The van der Waals surface area contributed by atoms with E-state index in [-0.39, 0.29) is 30.5 Å². The van der Waals surface area contributed by atoms with Crippen LogP contribution in [0.4, 0.5) is 0 Å².